The molecular weight excluding hydrogens is 334 g/mol. The van der Waals surface area contributed by atoms with Crippen LogP contribution in [0, 0.1) is 0 Å². The van der Waals surface area contributed by atoms with E-state index in [0.717, 1.165) is 11.3 Å². The molecule has 1 aromatic carbocycles. The maximum Gasteiger partial charge on any atom is 0.274 e. The Bertz CT molecular complexity index is 889. The number of aryl methyl sites for hydroxylation is 1. The van der Waals surface area contributed by atoms with E-state index < -0.39 is 0 Å². The highest BCUT2D eigenvalue weighted by Crippen LogP contribution is 2.14. The minimum atomic E-state index is -0.231. The third-order valence-electron chi connectivity index (χ3n) is 3.91. The molecule has 1 amide bonds. The van der Waals surface area contributed by atoms with Crippen LogP contribution in [0.25, 0.3) is 0 Å². The predicted octanol–water partition coefficient (Wildman–Crippen LogP) is 2.73. The van der Waals surface area contributed by atoms with Crippen molar-refractivity contribution in [3.8, 4) is 0 Å². The number of aromatic nitrogens is 2. The molecule has 2 aromatic heterocycles. The SMILES string of the molecule is Cn1nc(C(=O)N(CCc2ccccc2)Cc2cccs2)ccc1=O. The zero-order valence-corrected chi connectivity index (χ0v) is 14.8. The van der Waals surface area contributed by atoms with Crippen molar-refractivity contribution >= 4 is 17.2 Å². The summed E-state index contributed by atoms with van der Waals surface area (Å²) in [7, 11) is 1.55. The molecular formula is C19H19N3O2S. The summed E-state index contributed by atoms with van der Waals surface area (Å²) < 4.78 is 1.19. The third kappa shape index (κ3) is 4.42. The smallest absolute Gasteiger partial charge is 0.274 e. The Kier molecular flexibility index (Phi) is 5.40. The Morgan fingerprint density at radius 2 is 1.92 bits per heavy atom. The molecule has 0 aliphatic carbocycles. The van der Waals surface area contributed by atoms with Crippen LogP contribution in [0.2, 0.25) is 0 Å². The average molecular weight is 353 g/mol. The molecule has 0 spiro atoms. The quantitative estimate of drug-likeness (QED) is 0.685. The van der Waals surface area contributed by atoms with Gasteiger partial charge in [-0.2, -0.15) is 5.10 Å². The second kappa shape index (κ2) is 7.90. The van der Waals surface area contributed by atoms with Crippen molar-refractivity contribution in [2.45, 2.75) is 13.0 Å². The van der Waals surface area contributed by atoms with Gasteiger partial charge >= 0.3 is 0 Å². The second-order valence-corrected chi connectivity index (χ2v) is 6.75. The molecule has 0 saturated heterocycles. The molecule has 0 N–H and O–H groups in total. The largest absolute Gasteiger partial charge is 0.332 e. The van der Waals surface area contributed by atoms with Gasteiger partial charge in [-0.1, -0.05) is 36.4 Å². The van der Waals surface area contributed by atoms with E-state index in [4.69, 9.17) is 0 Å². The molecule has 0 radical (unpaired) electrons. The van der Waals surface area contributed by atoms with Gasteiger partial charge in [0.2, 0.25) is 0 Å². The molecule has 6 heteroatoms. The lowest BCUT2D eigenvalue weighted by atomic mass is 10.1. The van der Waals surface area contributed by atoms with Crippen molar-refractivity contribution in [3.05, 3.63) is 86.5 Å². The van der Waals surface area contributed by atoms with Gasteiger partial charge in [0.1, 0.15) is 5.69 Å². The molecule has 2 heterocycles. The Labute approximate surface area is 150 Å². The minimum absolute atomic E-state index is 0.167. The number of carbonyl (C=O) groups is 1. The summed E-state index contributed by atoms with van der Waals surface area (Å²) in [6, 6.07) is 16.9. The van der Waals surface area contributed by atoms with Crippen LogP contribution in [0.15, 0.2) is 64.8 Å². The summed E-state index contributed by atoms with van der Waals surface area (Å²) in [5.74, 6) is -0.167. The van der Waals surface area contributed by atoms with Gasteiger partial charge in [-0.05, 0) is 29.5 Å². The second-order valence-electron chi connectivity index (χ2n) is 5.72. The Balaban J connectivity index is 1.80. The number of thiophene rings is 1. The first-order chi connectivity index (χ1) is 12.1. The topological polar surface area (TPSA) is 55.2 Å². The van der Waals surface area contributed by atoms with Crippen molar-refractivity contribution < 1.29 is 4.79 Å². The van der Waals surface area contributed by atoms with Crippen LogP contribution in [-0.4, -0.2) is 27.1 Å². The first-order valence-corrected chi connectivity index (χ1v) is 8.91. The Hall–Kier alpha value is -2.73. The summed E-state index contributed by atoms with van der Waals surface area (Å²) in [5.41, 5.74) is 1.23. The highest BCUT2D eigenvalue weighted by atomic mass is 32.1. The fourth-order valence-electron chi connectivity index (χ4n) is 2.53. The first-order valence-electron chi connectivity index (χ1n) is 8.03. The number of hydrogen-bond donors (Lipinski definition) is 0. The van der Waals surface area contributed by atoms with E-state index in [9.17, 15) is 9.59 Å². The van der Waals surface area contributed by atoms with Gasteiger partial charge in [0.25, 0.3) is 11.5 Å². The summed E-state index contributed by atoms with van der Waals surface area (Å²) in [4.78, 5) is 27.3. The van der Waals surface area contributed by atoms with Gasteiger partial charge < -0.3 is 4.90 Å². The normalized spacial score (nSPS) is 10.6. The van der Waals surface area contributed by atoms with Crippen molar-refractivity contribution in [1.29, 1.82) is 0 Å². The van der Waals surface area contributed by atoms with Gasteiger partial charge in [0.05, 0.1) is 6.54 Å². The van der Waals surface area contributed by atoms with E-state index in [1.807, 2.05) is 35.7 Å². The molecule has 0 unspecified atom stereocenters. The van der Waals surface area contributed by atoms with Crippen LogP contribution in [0.5, 0.6) is 0 Å². The summed E-state index contributed by atoms with van der Waals surface area (Å²) in [6.07, 6.45) is 0.768. The van der Waals surface area contributed by atoms with E-state index in [1.165, 1.54) is 22.4 Å². The summed E-state index contributed by atoms with van der Waals surface area (Å²) in [6.45, 7) is 1.12. The first kappa shape index (κ1) is 17.1. The highest BCUT2D eigenvalue weighted by Gasteiger charge is 2.18. The lowest BCUT2D eigenvalue weighted by Crippen LogP contribution is -2.34. The molecule has 0 aliphatic heterocycles. The fraction of sp³-hybridized carbons (Fsp3) is 0.211. The standard InChI is InChI=1S/C19H19N3O2S/c1-21-18(23)10-9-17(20-21)19(24)22(14-16-8-5-13-25-16)12-11-15-6-3-2-4-7-15/h2-10,13H,11-12,14H2,1H3. The fourth-order valence-corrected chi connectivity index (χ4v) is 3.25. The monoisotopic (exact) mass is 353 g/mol. The van der Waals surface area contributed by atoms with Gasteiger partial charge in [-0.3, -0.25) is 9.59 Å². The molecule has 0 bridgehead atoms. The lowest BCUT2D eigenvalue weighted by molar-refractivity contribution is 0.0738. The molecule has 0 fully saturated rings. The van der Waals surface area contributed by atoms with E-state index in [2.05, 4.69) is 17.2 Å². The van der Waals surface area contributed by atoms with Crippen LogP contribution in [0.1, 0.15) is 20.9 Å². The zero-order valence-electron chi connectivity index (χ0n) is 14.0. The maximum atomic E-state index is 12.9. The summed E-state index contributed by atoms with van der Waals surface area (Å²) in [5, 5.41) is 6.09. The summed E-state index contributed by atoms with van der Waals surface area (Å²) >= 11 is 1.62. The van der Waals surface area contributed by atoms with Crippen molar-refractivity contribution in [1.82, 2.24) is 14.7 Å². The molecule has 128 valence electrons. The number of rotatable bonds is 6. The van der Waals surface area contributed by atoms with Crippen LogP contribution >= 0.6 is 11.3 Å². The van der Waals surface area contributed by atoms with Gasteiger partial charge in [0.15, 0.2) is 0 Å². The molecule has 3 aromatic rings. The van der Waals surface area contributed by atoms with Crippen LogP contribution in [0.3, 0.4) is 0 Å². The van der Waals surface area contributed by atoms with E-state index in [1.54, 1.807) is 23.3 Å². The molecule has 0 saturated carbocycles. The van der Waals surface area contributed by atoms with Crippen LogP contribution in [0.4, 0.5) is 0 Å². The van der Waals surface area contributed by atoms with Crippen molar-refractivity contribution in [2.75, 3.05) is 6.54 Å². The number of carbonyl (C=O) groups excluding carboxylic acids is 1. The Morgan fingerprint density at radius 3 is 2.60 bits per heavy atom. The predicted molar refractivity (Wildman–Crippen MR) is 98.7 cm³/mol. The highest BCUT2D eigenvalue weighted by molar-refractivity contribution is 7.09. The maximum absolute atomic E-state index is 12.9. The molecule has 0 atom stereocenters. The number of amides is 1. The van der Waals surface area contributed by atoms with Crippen LogP contribution in [-0.2, 0) is 20.0 Å². The van der Waals surface area contributed by atoms with E-state index in [0.29, 0.717) is 13.1 Å². The third-order valence-corrected chi connectivity index (χ3v) is 4.77. The van der Waals surface area contributed by atoms with E-state index in [-0.39, 0.29) is 17.2 Å². The van der Waals surface area contributed by atoms with Gasteiger partial charge in [-0.25, -0.2) is 4.68 Å². The van der Waals surface area contributed by atoms with Gasteiger partial charge in [0, 0.05) is 24.5 Å². The molecule has 25 heavy (non-hydrogen) atoms. The Morgan fingerprint density at radius 1 is 1.12 bits per heavy atom. The minimum Gasteiger partial charge on any atom is -0.332 e. The number of nitrogens with zero attached hydrogens (tertiary/aromatic N) is 3. The number of hydrogen-bond acceptors (Lipinski definition) is 4. The van der Waals surface area contributed by atoms with Crippen molar-refractivity contribution in [3.63, 3.8) is 0 Å². The van der Waals surface area contributed by atoms with Crippen molar-refractivity contribution in [2.24, 2.45) is 7.05 Å². The molecule has 3 rings (SSSR count). The lowest BCUT2D eigenvalue weighted by Gasteiger charge is -2.22. The van der Waals surface area contributed by atoms with Gasteiger partial charge in [-0.15, -0.1) is 11.3 Å². The van der Waals surface area contributed by atoms with Crippen LogP contribution < -0.4 is 5.56 Å². The molecule has 0 aliphatic rings. The van der Waals surface area contributed by atoms with E-state index >= 15 is 0 Å². The number of benzene rings is 1. The zero-order chi connectivity index (χ0) is 17.6. The average Bonchev–Trinajstić information content (AvgIpc) is 3.14. The molecule has 5 nitrogen and oxygen atoms in total.